The van der Waals surface area contributed by atoms with Crippen LogP contribution in [0.15, 0.2) is 50.8 Å². The summed E-state index contributed by atoms with van der Waals surface area (Å²) in [5, 5.41) is 10.1. The smallest absolute Gasteiger partial charge is 0.289 e. The van der Waals surface area contributed by atoms with Crippen molar-refractivity contribution in [2.75, 3.05) is 13.1 Å². The minimum absolute atomic E-state index is 0.139. The molecule has 3 rings (SSSR count). The third kappa shape index (κ3) is 4.56. The molecule has 24 heavy (non-hydrogen) atoms. The van der Waals surface area contributed by atoms with Crippen LogP contribution >= 0.6 is 23.4 Å². The summed E-state index contributed by atoms with van der Waals surface area (Å²) >= 11 is 7.32. The predicted octanol–water partition coefficient (Wildman–Crippen LogP) is 4.85. The van der Waals surface area contributed by atoms with Crippen LogP contribution in [-0.2, 0) is 0 Å². The fourth-order valence-electron chi connectivity index (χ4n) is 2.34. The molecule has 1 amide bonds. The SMILES string of the molecule is N#CCCN(CC1CC1)C(=O)c1ccc(Sc2ccc(Cl)cc2)o1. The Morgan fingerprint density at radius 3 is 2.71 bits per heavy atom. The van der Waals surface area contributed by atoms with E-state index >= 15 is 0 Å². The Hall–Kier alpha value is -1.90. The summed E-state index contributed by atoms with van der Waals surface area (Å²) in [6.45, 7) is 1.16. The first-order chi connectivity index (χ1) is 11.7. The number of hydrogen-bond donors (Lipinski definition) is 0. The molecule has 0 bridgehead atoms. The molecule has 1 fully saturated rings. The van der Waals surface area contributed by atoms with Crippen molar-refractivity contribution < 1.29 is 9.21 Å². The van der Waals surface area contributed by atoms with Crippen molar-refractivity contribution in [3.63, 3.8) is 0 Å². The van der Waals surface area contributed by atoms with Crippen LogP contribution in [0.25, 0.3) is 0 Å². The zero-order chi connectivity index (χ0) is 16.9. The van der Waals surface area contributed by atoms with Gasteiger partial charge in [0.15, 0.2) is 10.9 Å². The van der Waals surface area contributed by atoms with E-state index in [0.29, 0.717) is 41.3 Å². The van der Waals surface area contributed by atoms with Crippen LogP contribution in [-0.4, -0.2) is 23.9 Å². The van der Waals surface area contributed by atoms with E-state index < -0.39 is 0 Å². The summed E-state index contributed by atoms with van der Waals surface area (Å²) in [6.07, 6.45) is 2.66. The van der Waals surface area contributed by atoms with E-state index in [4.69, 9.17) is 21.3 Å². The molecule has 0 atom stereocenters. The number of nitriles is 1. The van der Waals surface area contributed by atoms with Crippen LogP contribution in [0, 0.1) is 17.2 Å². The molecular weight excluding hydrogens is 344 g/mol. The van der Waals surface area contributed by atoms with Crippen LogP contribution in [0.3, 0.4) is 0 Å². The van der Waals surface area contributed by atoms with Crippen molar-refractivity contribution in [2.24, 2.45) is 5.92 Å². The molecule has 124 valence electrons. The molecule has 6 heteroatoms. The number of hydrogen-bond acceptors (Lipinski definition) is 4. The van der Waals surface area contributed by atoms with Gasteiger partial charge in [-0.3, -0.25) is 4.79 Å². The predicted molar refractivity (Wildman–Crippen MR) is 93.1 cm³/mol. The number of nitrogens with zero attached hydrogens (tertiary/aromatic N) is 2. The molecule has 0 saturated heterocycles. The lowest BCUT2D eigenvalue weighted by atomic mass is 10.3. The highest BCUT2D eigenvalue weighted by atomic mass is 35.5. The van der Waals surface area contributed by atoms with Crippen LogP contribution in [0.1, 0.15) is 29.8 Å². The van der Waals surface area contributed by atoms with Gasteiger partial charge in [-0.25, -0.2) is 0 Å². The number of rotatable bonds is 7. The molecule has 0 aliphatic heterocycles. The molecule has 0 unspecified atom stereocenters. The number of carbonyl (C=O) groups excluding carboxylic acids is 1. The summed E-state index contributed by atoms with van der Waals surface area (Å²) in [7, 11) is 0. The Bertz CT molecular complexity index is 747. The zero-order valence-electron chi connectivity index (χ0n) is 13.1. The monoisotopic (exact) mass is 360 g/mol. The lowest BCUT2D eigenvalue weighted by molar-refractivity contribution is 0.0714. The normalized spacial score (nSPS) is 13.5. The molecule has 1 aromatic heterocycles. The Balaban J connectivity index is 1.67. The molecule has 1 aliphatic rings. The van der Waals surface area contributed by atoms with Gasteiger partial charge in [-0.05, 0) is 55.2 Å². The highest BCUT2D eigenvalue weighted by molar-refractivity contribution is 7.99. The van der Waals surface area contributed by atoms with Crippen LogP contribution in [0.2, 0.25) is 5.02 Å². The number of carbonyl (C=O) groups is 1. The lowest BCUT2D eigenvalue weighted by Gasteiger charge is -2.20. The molecule has 4 nitrogen and oxygen atoms in total. The minimum Gasteiger partial charge on any atom is -0.444 e. The highest BCUT2D eigenvalue weighted by Gasteiger charge is 2.28. The van der Waals surface area contributed by atoms with Crippen molar-refractivity contribution in [1.29, 1.82) is 5.26 Å². The number of amides is 1. The molecule has 0 spiro atoms. The van der Waals surface area contributed by atoms with Gasteiger partial charge >= 0.3 is 0 Å². The van der Waals surface area contributed by atoms with E-state index in [9.17, 15) is 4.79 Å². The maximum Gasteiger partial charge on any atom is 0.289 e. The van der Waals surface area contributed by atoms with Gasteiger partial charge < -0.3 is 9.32 Å². The molecule has 1 aromatic carbocycles. The van der Waals surface area contributed by atoms with Gasteiger partial charge in [0.2, 0.25) is 0 Å². The summed E-state index contributed by atoms with van der Waals surface area (Å²) in [4.78, 5) is 15.3. The molecule has 2 aromatic rings. The summed E-state index contributed by atoms with van der Waals surface area (Å²) < 4.78 is 5.70. The van der Waals surface area contributed by atoms with Crippen LogP contribution in [0.5, 0.6) is 0 Å². The second kappa shape index (κ2) is 7.78. The van der Waals surface area contributed by atoms with E-state index in [-0.39, 0.29) is 5.91 Å². The Morgan fingerprint density at radius 1 is 1.29 bits per heavy atom. The Labute approximate surface area is 150 Å². The van der Waals surface area contributed by atoms with Gasteiger partial charge in [0.05, 0.1) is 12.5 Å². The molecule has 1 aliphatic carbocycles. The molecule has 0 radical (unpaired) electrons. The standard InChI is InChI=1S/C18H17ClN2O2S/c19-14-4-6-15(7-5-14)24-17-9-8-16(23-17)18(22)21(11-1-10-20)12-13-2-3-13/h4-9,13H,1-3,11-12H2. The third-order valence-electron chi connectivity index (χ3n) is 3.78. The van der Waals surface area contributed by atoms with Crippen molar-refractivity contribution >= 4 is 29.3 Å². The Morgan fingerprint density at radius 2 is 2.04 bits per heavy atom. The van der Waals surface area contributed by atoms with Crippen LogP contribution in [0.4, 0.5) is 0 Å². The van der Waals surface area contributed by atoms with E-state index in [1.807, 2.05) is 24.3 Å². The fourth-order valence-corrected chi connectivity index (χ4v) is 3.24. The van der Waals surface area contributed by atoms with Crippen molar-refractivity contribution in [3.8, 4) is 6.07 Å². The summed E-state index contributed by atoms with van der Waals surface area (Å²) in [5.74, 6) is 0.760. The zero-order valence-corrected chi connectivity index (χ0v) is 14.6. The number of benzene rings is 1. The average molecular weight is 361 g/mol. The van der Waals surface area contributed by atoms with E-state index in [2.05, 4.69) is 6.07 Å². The highest BCUT2D eigenvalue weighted by Crippen LogP contribution is 2.32. The second-order valence-corrected chi connectivity index (χ2v) is 7.29. The molecule has 1 saturated carbocycles. The minimum atomic E-state index is -0.139. The summed E-state index contributed by atoms with van der Waals surface area (Å²) in [6, 6.07) is 13.0. The first-order valence-corrected chi connectivity index (χ1v) is 9.04. The average Bonchev–Trinajstić information content (AvgIpc) is 3.29. The second-order valence-electron chi connectivity index (χ2n) is 5.78. The van der Waals surface area contributed by atoms with Gasteiger partial charge in [0, 0.05) is 23.0 Å². The van der Waals surface area contributed by atoms with Crippen molar-refractivity contribution in [1.82, 2.24) is 4.90 Å². The summed E-state index contributed by atoms with van der Waals surface area (Å²) in [5.41, 5.74) is 0. The molecule has 0 N–H and O–H groups in total. The van der Waals surface area contributed by atoms with E-state index in [1.165, 1.54) is 11.8 Å². The topological polar surface area (TPSA) is 57.2 Å². The maximum atomic E-state index is 12.6. The van der Waals surface area contributed by atoms with Crippen molar-refractivity contribution in [3.05, 3.63) is 47.2 Å². The Kier molecular flexibility index (Phi) is 5.49. The van der Waals surface area contributed by atoms with Gasteiger partial charge in [0.1, 0.15) is 0 Å². The van der Waals surface area contributed by atoms with Gasteiger partial charge in [-0.15, -0.1) is 0 Å². The molecule has 1 heterocycles. The van der Waals surface area contributed by atoms with Gasteiger partial charge in [-0.2, -0.15) is 5.26 Å². The molecular formula is C18H17ClN2O2S. The maximum absolute atomic E-state index is 12.6. The van der Waals surface area contributed by atoms with Gasteiger partial charge in [-0.1, -0.05) is 23.4 Å². The fraction of sp³-hybridized carbons (Fsp3) is 0.333. The third-order valence-corrected chi connectivity index (χ3v) is 4.96. The number of halogens is 1. The van der Waals surface area contributed by atoms with E-state index in [1.54, 1.807) is 17.0 Å². The van der Waals surface area contributed by atoms with Gasteiger partial charge in [0.25, 0.3) is 5.91 Å². The number of furan rings is 1. The quantitative estimate of drug-likeness (QED) is 0.708. The lowest BCUT2D eigenvalue weighted by Crippen LogP contribution is -2.33. The first-order valence-electron chi connectivity index (χ1n) is 7.85. The van der Waals surface area contributed by atoms with E-state index in [0.717, 1.165) is 17.7 Å². The largest absolute Gasteiger partial charge is 0.444 e. The first kappa shape index (κ1) is 16.9. The van der Waals surface area contributed by atoms with Crippen LogP contribution < -0.4 is 0 Å². The van der Waals surface area contributed by atoms with Crippen molar-refractivity contribution in [2.45, 2.75) is 29.3 Å².